The van der Waals surface area contributed by atoms with Crippen molar-refractivity contribution < 1.29 is 9.84 Å². The van der Waals surface area contributed by atoms with Gasteiger partial charge in [-0.1, -0.05) is 30.3 Å². The van der Waals surface area contributed by atoms with E-state index in [2.05, 4.69) is 24.0 Å². The predicted molar refractivity (Wildman–Crippen MR) is 74.6 cm³/mol. The third-order valence-electron chi connectivity index (χ3n) is 3.06. The maximum atomic E-state index is 9.90. The highest BCUT2D eigenvalue weighted by Crippen LogP contribution is 2.18. The highest BCUT2D eigenvalue weighted by Gasteiger charge is 2.15. The highest BCUT2D eigenvalue weighted by atomic mass is 16.5. The van der Waals surface area contributed by atoms with Gasteiger partial charge in [0.2, 0.25) is 0 Å². The molecule has 0 spiro atoms. The predicted octanol–water partition coefficient (Wildman–Crippen LogP) is 2.47. The molecule has 0 saturated carbocycles. The highest BCUT2D eigenvalue weighted by molar-refractivity contribution is 5.18. The summed E-state index contributed by atoms with van der Waals surface area (Å²) in [5, 5.41) is 9.90. The van der Waals surface area contributed by atoms with E-state index in [9.17, 15) is 5.11 Å². The third kappa shape index (κ3) is 5.17. The molecule has 1 N–H and O–H groups in total. The van der Waals surface area contributed by atoms with Gasteiger partial charge in [-0.25, -0.2) is 0 Å². The Morgan fingerprint density at radius 2 is 1.78 bits per heavy atom. The number of hydrogen-bond acceptors (Lipinski definition) is 3. The summed E-state index contributed by atoms with van der Waals surface area (Å²) in [6, 6.07) is 10.6. The van der Waals surface area contributed by atoms with E-state index in [1.54, 1.807) is 0 Å². The number of ether oxygens (including phenoxy) is 1. The van der Waals surface area contributed by atoms with Gasteiger partial charge in [-0.15, -0.1) is 0 Å². The number of benzene rings is 1. The van der Waals surface area contributed by atoms with Gasteiger partial charge >= 0.3 is 0 Å². The van der Waals surface area contributed by atoms with E-state index in [0.717, 1.165) is 0 Å². The molecule has 102 valence electrons. The average Bonchev–Trinajstić information content (AvgIpc) is 2.36. The van der Waals surface area contributed by atoms with Crippen LogP contribution in [0.25, 0.3) is 0 Å². The summed E-state index contributed by atoms with van der Waals surface area (Å²) >= 11 is 0. The number of nitrogens with zero attached hydrogens (tertiary/aromatic N) is 1. The Morgan fingerprint density at radius 3 is 2.33 bits per heavy atom. The first-order valence-corrected chi connectivity index (χ1v) is 6.55. The number of rotatable bonds is 7. The van der Waals surface area contributed by atoms with E-state index in [4.69, 9.17) is 4.74 Å². The second kappa shape index (κ2) is 7.52. The van der Waals surface area contributed by atoms with Crippen molar-refractivity contribution >= 4 is 0 Å². The molecule has 3 nitrogen and oxygen atoms in total. The van der Waals surface area contributed by atoms with Crippen molar-refractivity contribution in [2.24, 2.45) is 0 Å². The summed E-state index contributed by atoms with van der Waals surface area (Å²) in [4.78, 5) is 2.14. The normalized spacial score (nSPS) is 15.1. The average molecular weight is 251 g/mol. The summed E-state index contributed by atoms with van der Waals surface area (Å²) in [6.45, 7) is 7.10. The van der Waals surface area contributed by atoms with Crippen molar-refractivity contribution in [1.82, 2.24) is 4.90 Å². The van der Waals surface area contributed by atoms with Crippen LogP contribution in [0.2, 0.25) is 0 Å². The first-order chi connectivity index (χ1) is 8.50. The Kier molecular flexibility index (Phi) is 6.33. The first-order valence-electron chi connectivity index (χ1n) is 6.55. The van der Waals surface area contributed by atoms with Crippen molar-refractivity contribution in [1.29, 1.82) is 0 Å². The lowest BCUT2D eigenvalue weighted by Gasteiger charge is -2.27. The summed E-state index contributed by atoms with van der Waals surface area (Å²) in [5.74, 6) is 0. The number of aliphatic hydroxyl groups excluding tert-OH is 1. The van der Waals surface area contributed by atoms with E-state index in [1.807, 2.05) is 39.1 Å². The molecular formula is C15H25NO2. The van der Waals surface area contributed by atoms with Gasteiger partial charge in [-0.3, -0.25) is 4.90 Å². The maximum absolute atomic E-state index is 9.90. The molecule has 0 aliphatic carbocycles. The van der Waals surface area contributed by atoms with Crippen LogP contribution in [-0.2, 0) is 4.74 Å². The second-order valence-electron chi connectivity index (χ2n) is 5.06. The van der Waals surface area contributed by atoms with E-state index < -0.39 is 6.10 Å². The Balaban J connectivity index is 2.42. The fourth-order valence-corrected chi connectivity index (χ4v) is 1.83. The summed E-state index contributed by atoms with van der Waals surface area (Å²) in [6.07, 6.45) is -0.278. The van der Waals surface area contributed by atoms with Crippen LogP contribution in [0.3, 0.4) is 0 Å². The zero-order chi connectivity index (χ0) is 13.5. The van der Waals surface area contributed by atoms with E-state index in [0.29, 0.717) is 19.2 Å². The Bertz CT molecular complexity index is 327. The van der Waals surface area contributed by atoms with Gasteiger partial charge in [0, 0.05) is 12.6 Å². The number of hydrogen-bond donors (Lipinski definition) is 1. The molecule has 0 heterocycles. The summed E-state index contributed by atoms with van der Waals surface area (Å²) in [7, 11) is 2.02. The van der Waals surface area contributed by atoms with Gasteiger partial charge in [-0.2, -0.15) is 0 Å². The van der Waals surface area contributed by atoms with Gasteiger partial charge in [0.15, 0.2) is 0 Å². The van der Waals surface area contributed by atoms with Crippen LogP contribution in [0.4, 0.5) is 0 Å². The standard InChI is InChI=1S/C15H25NO2/c1-12(2)18-11-15(17)10-16(4)13(3)14-8-6-5-7-9-14/h5-9,12-13,15,17H,10-11H2,1-4H3. The maximum Gasteiger partial charge on any atom is 0.0900 e. The topological polar surface area (TPSA) is 32.7 Å². The molecule has 0 amide bonds. The van der Waals surface area contributed by atoms with Crippen molar-refractivity contribution in [3.05, 3.63) is 35.9 Å². The molecule has 18 heavy (non-hydrogen) atoms. The van der Waals surface area contributed by atoms with Crippen LogP contribution in [0.1, 0.15) is 32.4 Å². The largest absolute Gasteiger partial charge is 0.389 e. The van der Waals surface area contributed by atoms with E-state index in [1.165, 1.54) is 5.56 Å². The summed E-state index contributed by atoms with van der Waals surface area (Å²) in [5.41, 5.74) is 1.26. The monoisotopic (exact) mass is 251 g/mol. The molecule has 0 radical (unpaired) electrons. The van der Waals surface area contributed by atoms with Crippen LogP contribution in [0.15, 0.2) is 30.3 Å². The molecule has 2 atom stereocenters. The number of aliphatic hydroxyl groups is 1. The SMILES string of the molecule is CC(C)OCC(O)CN(C)C(C)c1ccccc1. The molecule has 3 heteroatoms. The molecular weight excluding hydrogens is 226 g/mol. The molecule has 2 unspecified atom stereocenters. The van der Waals surface area contributed by atoms with Crippen LogP contribution in [0, 0.1) is 0 Å². The molecule has 0 aliphatic heterocycles. The molecule has 1 aromatic rings. The molecule has 0 bridgehead atoms. The van der Waals surface area contributed by atoms with Crippen molar-refractivity contribution in [3.8, 4) is 0 Å². The summed E-state index contributed by atoms with van der Waals surface area (Å²) < 4.78 is 5.41. The minimum Gasteiger partial charge on any atom is -0.389 e. The fourth-order valence-electron chi connectivity index (χ4n) is 1.83. The van der Waals surface area contributed by atoms with Crippen LogP contribution >= 0.6 is 0 Å². The Labute approximate surface area is 110 Å². The van der Waals surface area contributed by atoms with E-state index in [-0.39, 0.29) is 6.10 Å². The van der Waals surface area contributed by atoms with Crippen molar-refractivity contribution in [2.45, 2.75) is 39.0 Å². The Hall–Kier alpha value is -0.900. The molecule has 0 aliphatic rings. The first kappa shape index (κ1) is 15.2. The molecule has 1 aromatic carbocycles. The minimum absolute atomic E-state index is 0.163. The molecule has 0 fully saturated rings. The fraction of sp³-hybridized carbons (Fsp3) is 0.600. The smallest absolute Gasteiger partial charge is 0.0900 e. The molecule has 0 aromatic heterocycles. The van der Waals surface area contributed by atoms with Gasteiger partial charge in [0.05, 0.1) is 18.8 Å². The Morgan fingerprint density at radius 1 is 1.17 bits per heavy atom. The lowest BCUT2D eigenvalue weighted by Crippen LogP contribution is -2.34. The van der Waals surface area contributed by atoms with Crippen molar-refractivity contribution in [3.63, 3.8) is 0 Å². The van der Waals surface area contributed by atoms with Crippen molar-refractivity contribution in [2.75, 3.05) is 20.2 Å². The zero-order valence-electron chi connectivity index (χ0n) is 11.8. The van der Waals surface area contributed by atoms with Crippen LogP contribution in [0.5, 0.6) is 0 Å². The molecule has 1 rings (SSSR count). The van der Waals surface area contributed by atoms with E-state index >= 15 is 0 Å². The number of likely N-dealkylation sites (N-methyl/N-ethyl adjacent to an activating group) is 1. The molecule has 0 saturated heterocycles. The van der Waals surface area contributed by atoms with Gasteiger partial charge in [0.25, 0.3) is 0 Å². The lowest BCUT2D eigenvalue weighted by atomic mass is 10.1. The lowest BCUT2D eigenvalue weighted by molar-refractivity contribution is -0.00949. The zero-order valence-corrected chi connectivity index (χ0v) is 11.8. The minimum atomic E-state index is -0.441. The van der Waals surface area contributed by atoms with Gasteiger partial charge in [0.1, 0.15) is 0 Å². The quantitative estimate of drug-likeness (QED) is 0.808. The third-order valence-corrected chi connectivity index (χ3v) is 3.06. The van der Waals surface area contributed by atoms with Crippen LogP contribution in [-0.4, -0.2) is 42.4 Å². The van der Waals surface area contributed by atoms with Gasteiger partial charge in [-0.05, 0) is 33.4 Å². The van der Waals surface area contributed by atoms with Gasteiger partial charge < -0.3 is 9.84 Å². The second-order valence-corrected chi connectivity index (χ2v) is 5.06. The van der Waals surface area contributed by atoms with Crippen LogP contribution < -0.4 is 0 Å².